The summed E-state index contributed by atoms with van der Waals surface area (Å²) in [5, 5.41) is 12.1. The minimum Gasteiger partial charge on any atom is -0.395 e. The number of halogens is 3. The van der Waals surface area contributed by atoms with E-state index in [1.165, 1.54) is 0 Å². The lowest BCUT2D eigenvalue weighted by Gasteiger charge is -2.24. The zero-order chi connectivity index (χ0) is 17.9. The molecule has 0 heterocycles. The summed E-state index contributed by atoms with van der Waals surface area (Å²) in [5.74, 6) is 0. The van der Waals surface area contributed by atoms with Crippen molar-refractivity contribution in [2.45, 2.75) is 18.8 Å². The van der Waals surface area contributed by atoms with Gasteiger partial charge in [-0.05, 0) is 28.4 Å². The minimum atomic E-state index is -4.86. The number of rotatable bonds is 5. The third-order valence-electron chi connectivity index (χ3n) is 3.56. The Balaban J connectivity index is 2.42. The third-order valence-corrected chi connectivity index (χ3v) is 3.56. The van der Waals surface area contributed by atoms with Crippen LogP contribution in [0.25, 0.3) is 0 Å². The van der Waals surface area contributed by atoms with Crippen LogP contribution in [-0.4, -0.2) is 18.3 Å². The molecule has 0 saturated heterocycles. The highest BCUT2D eigenvalue weighted by Gasteiger charge is 2.40. The molecule has 128 valence electrons. The van der Waals surface area contributed by atoms with Crippen LogP contribution in [0, 0.1) is 4.91 Å². The van der Waals surface area contributed by atoms with E-state index >= 15 is 0 Å². The second-order valence-corrected chi connectivity index (χ2v) is 5.35. The Labute approximate surface area is 136 Å². The molecule has 0 radical (unpaired) electrons. The Hall–Kier alpha value is -2.61. The predicted molar refractivity (Wildman–Crippen MR) is 85.9 cm³/mol. The second kappa shape index (κ2) is 6.88. The molecule has 8 heteroatoms. The number of hydrogen-bond acceptors (Lipinski definition) is 5. The van der Waals surface area contributed by atoms with E-state index < -0.39 is 17.8 Å². The van der Waals surface area contributed by atoms with Gasteiger partial charge in [-0.15, -0.1) is 4.91 Å². The monoisotopic (exact) mass is 339 g/mol. The molecule has 1 atom stereocenters. The van der Waals surface area contributed by atoms with Gasteiger partial charge >= 0.3 is 6.18 Å². The molecular formula is C16H16F3N3O2. The zero-order valence-electron chi connectivity index (χ0n) is 12.8. The average Bonchev–Trinajstić information content (AvgIpc) is 2.54. The maximum Gasteiger partial charge on any atom is 0.418 e. The number of anilines is 2. The SMILES string of the molecule is CN(Cc1ccccc1)c1cc(C(O)C(F)(F)F)cc(N=O)c1N. The number of aliphatic hydroxyl groups excluding tert-OH is 1. The molecule has 0 fully saturated rings. The Morgan fingerprint density at radius 1 is 1.25 bits per heavy atom. The summed E-state index contributed by atoms with van der Waals surface area (Å²) in [4.78, 5) is 12.5. The quantitative estimate of drug-likeness (QED) is 0.640. The van der Waals surface area contributed by atoms with E-state index in [0.717, 1.165) is 17.7 Å². The van der Waals surface area contributed by atoms with Gasteiger partial charge < -0.3 is 15.7 Å². The fourth-order valence-corrected chi connectivity index (χ4v) is 2.32. The summed E-state index contributed by atoms with van der Waals surface area (Å²) >= 11 is 0. The number of nitroso groups, excluding NO2 is 1. The van der Waals surface area contributed by atoms with Crippen molar-refractivity contribution in [2.24, 2.45) is 5.18 Å². The lowest BCUT2D eigenvalue weighted by molar-refractivity contribution is -0.206. The topological polar surface area (TPSA) is 78.9 Å². The van der Waals surface area contributed by atoms with Gasteiger partial charge in [0.05, 0.1) is 11.4 Å². The zero-order valence-corrected chi connectivity index (χ0v) is 12.8. The van der Waals surface area contributed by atoms with E-state index in [9.17, 15) is 23.2 Å². The molecule has 0 bridgehead atoms. The number of nitrogens with zero attached hydrogens (tertiary/aromatic N) is 2. The van der Waals surface area contributed by atoms with Gasteiger partial charge in [0.25, 0.3) is 0 Å². The Morgan fingerprint density at radius 3 is 2.42 bits per heavy atom. The number of nitrogens with two attached hydrogens (primary N) is 1. The second-order valence-electron chi connectivity index (χ2n) is 5.35. The summed E-state index contributed by atoms with van der Waals surface area (Å²) < 4.78 is 38.2. The van der Waals surface area contributed by atoms with Crippen molar-refractivity contribution in [3.8, 4) is 0 Å². The standard InChI is InChI=1S/C16H16F3N3O2/c1-22(9-10-5-3-2-4-6-10)13-8-11(15(23)16(17,18)19)7-12(21-24)14(13)20/h2-8,15,23H,9,20H2,1H3. The van der Waals surface area contributed by atoms with Crippen molar-refractivity contribution < 1.29 is 18.3 Å². The van der Waals surface area contributed by atoms with Gasteiger partial charge in [0.1, 0.15) is 5.69 Å². The van der Waals surface area contributed by atoms with Gasteiger partial charge in [-0.25, -0.2) is 0 Å². The van der Waals surface area contributed by atoms with Crippen molar-refractivity contribution in [1.82, 2.24) is 0 Å². The van der Waals surface area contributed by atoms with E-state index in [1.807, 2.05) is 30.3 Å². The fraction of sp³-hybridized carbons (Fsp3) is 0.250. The molecule has 1 unspecified atom stereocenters. The van der Waals surface area contributed by atoms with Gasteiger partial charge in [-0.1, -0.05) is 30.3 Å². The summed E-state index contributed by atoms with van der Waals surface area (Å²) in [7, 11) is 1.62. The van der Waals surface area contributed by atoms with Gasteiger partial charge in [0.2, 0.25) is 0 Å². The van der Waals surface area contributed by atoms with Crippen molar-refractivity contribution in [2.75, 3.05) is 17.7 Å². The number of aliphatic hydroxyl groups is 1. The summed E-state index contributed by atoms with van der Waals surface area (Å²) in [6.07, 6.45) is -7.58. The van der Waals surface area contributed by atoms with Crippen molar-refractivity contribution in [3.05, 3.63) is 58.5 Å². The normalized spacial score (nSPS) is 12.7. The van der Waals surface area contributed by atoms with Crippen LogP contribution in [0.3, 0.4) is 0 Å². The molecule has 2 rings (SSSR count). The molecule has 0 saturated carbocycles. The maximum absolute atomic E-state index is 12.7. The van der Waals surface area contributed by atoms with E-state index in [2.05, 4.69) is 5.18 Å². The smallest absolute Gasteiger partial charge is 0.395 e. The van der Waals surface area contributed by atoms with Crippen LogP contribution in [0.1, 0.15) is 17.2 Å². The van der Waals surface area contributed by atoms with Gasteiger partial charge in [0, 0.05) is 13.6 Å². The Morgan fingerprint density at radius 2 is 1.88 bits per heavy atom. The molecule has 2 aromatic carbocycles. The molecule has 2 aromatic rings. The highest BCUT2D eigenvalue weighted by molar-refractivity contribution is 5.80. The first-order valence-corrected chi connectivity index (χ1v) is 7.00. The lowest BCUT2D eigenvalue weighted by atomic mass is 10.0. The Kier molecular flexibility index (Phi) is 5.08. The number of nitrogen functional groups attached to an aromatic ring is 1. The van der Waals surface area contributed by atoms with E-state index in [1.54, 1.807) is 11.9 Å². The summed E-state index contributed by atoms with van der Waals surface area (Å²) in [6.45, 7) is 0.356. The first kappa shape index (κ1) is 17.7. The summed E-state index contributed by atoms with van der Waals surface area (Å²) in [6, 6.07) is 11.2. The number of hydrogen-bond donors (Lipinski definition) is 2. The van der Waals surface area contributed by atoms with Crippen LogP contribution < -0.4 is 10.6 Å². The minimum absolute atomic E-state index is 0.0402. The Bertz CT molecular complexity index is 720. The largest absolute Gasteiger partial charge is 0.418 e. The molecule has 24 heavy (non-hydrogen) atoms. The first-order chi connectivity index (χ1) is 11.2. The molecule has 3 N–H and O–H groups in total. The molecule has 0 aliphatic carbocycles. The first-order valence-electron chi connectivity index (χ1n) is 7.00. The van der Waals surface area contributed by atoms with Gasteiger partial charge in [-0.3, -0.25) is 0 Å². The third kappa shape index (κ3) is 3.83. The van der Waals surface area contributed by atoms with Crippen LogP contribution in [-0.2, 0) is 6.54 Å². The van der Waals surface area contributed by atoms with Crippen LogP contribution in [0.4, 0.5) is 30.2 Å². The van der Waals surface area contributed by atoms with Crippen molar-refractivity contribution in [3.63, 3.8) is 0 Å². The summed E-state index contributed by atoms with van der Waals surface area (Å²) in [5.41, 5.74) is 6.05. The van der Waals surface area contributed by atoms with E-state index in [4.69, 9.17) is 5.73 Å². The molecule has 0 aliphatic heterocycles. The molecule has 0 spiro atoms. The van der Waals surface area contributed by atoms with E-state index in [-0.39, 0.29) is 17.1 Å². The van der Waals surface area contributed by atoms with Crippen molar-refractivity contribution >= 4 is 17.1 Å². The van der Waals surface area contributed by atoms with Gasteiger partial charge in [0.15, 0.2) is 6.10 Å². The van der Waals surface area contributed by atoms with Crippen LogP contribution >= 0.6 is 0 Å². The highest BCUT2D eigenvalue weighted by Crippen LogP contribution is 2.40. The molecule has 0 aliphatic rings. The maximum atomic E-state index is 12.7. The van der Waals surface area contributed by atoms with E-state index in [0.29, 0.717) is 6.54 Å². The predicted octanol–water partition coefficient (Wildman–Crippen LogP) is 3.90. The molecular weight excluding hydrogens is 323 g/mol. The lowest BCUT2D eigenvalue weighted by Crippen LogP contribution is -2.22. The van der Waals surface area contributed by atoms with Crippen molar-refractivity contribution in [1.29, 1.82) is 0 Å². The molecule has 0 aromatic heterocycles. The van der Waals surface area contributed by atoms with Crippen LogP contribution in [0.15, 0.2) is 47.6 Å². The van der Waals surface area contributed by atoms with Crippen LogP contribution in [0.2, 0.25) is 0 Å². The average molecular weight is 339 g/mol. The molecule has 0 amide bonds. The fourth-order valence-electron chi connectivity index (χ4n) is 2.32. The number of alkyl halides is 3. The molecule has 5 nitrogen and oxygen atoms in total. The number of benzene rings is 2. The van der Waals surface area contributed by atoms with Crippen LogP contribution in [0.5, 0.6) is 0 Å². The highest BCUT2D eigenvalue weighted by atomic mass is 19.4. The van der Waals surface area contributed by atoms with Gasteiger partial charge in [-0.2, -0.15) is 13.2 Å².